The van der Waals surface area contributed by atoms with Crippen LogP contribution in [-0.4, -0.2) is 35.6 Å². The lowest BCUT2D eigenvalue weighted by atomic mass is 10.1. The van der Waals surface area contributed by atoms with Gasteiger partial charge in [-0.1, -0.05) is 0 Å². The van der Waals surface area contributed by atoms with Crippen molar-refractivity contribution in [2.45, 2.75) is 59.2 Å². The second kappa shape index (κ2) is 8.55. The number of nitrogens with two attached hydrogens (primary N) is 1. The minimum Gasteiger partial charge on any atom is -0.444 e. The van der Waals surface area contributed by atoms with Crippen molar-refractivity contribution < 1.29 is 19.1 Å². The van der Waals surface area contributed by atoms with Crippen LogP contribution < -0.4 is 21.7 Å². The Morgan fingerprint density at radius 1 is 1.04 bits per heavy atom. The molecule has 0 spiro atoms. The molecule has 1 rings (SSSR count). The van der Waals surface area contributed by atoms with Gasteiger partial charge in [-0.25, -0.2) is 4.79 Å². The van der Waals surface area contributed by atoms with E-state index in [-0.39, 0.29) is 5.91 Å². The molecule has 1 aromatic carbocycles. The van der Waals surface area contributed by atoms with Gasteiger partial charge in [0.25, 0.3) is 0 Å². The van der Waals surface area contributed by atoms with Crippen molar-refractivity contribution in [1.29, 1.82) is 0 Å². The molecule has 144 valence electrons. The minimum atomic E-state index is -0.848. The topological polar surface area (TPSA) is 123 Å². The molecule has 0 saturated heterocycles. The number of rotatable bonds is 5. The van der Waals surface area contributed by atoms with Gasteiger partial charge in [-0.15, -0.1) is 0 Å². The zero-order valence-electron chi connectivity index (χ0n) is 16.1. The molecule has 0 aliphatic carbocycles. The molecule has 26 heavy (non-hydrogen) atoms. The summed E-state index contributed by atoms with van der Waals surface area (Å²) in [7, 11) is 0. The van der Waals surface area contributed by atoms with Crippen LogP contribution in [0.3, 0.4) is 0 Å². The van der Waals surface area contributed by atoms with Crippen molar-refractivity contribution in [1.82, 2.24) is 10.6 Å². The van der Waals surface area contributed by atoms with Crippen molar-refractivity contribution in [2.24, 2.45) is 0 Å². The zero-order chi connectivity index (χ0) is 20.1. The lowest BCUT2D eigenvalue weighted by molar-refractivity contribution is -0.127. The number of nitrogens with one attached hydrogen (secondary N) is 3. The first-order valence-electron chi connectivity index (χ1n) is 8.36. The summed E-state index contributed by atoms with van der Waals surface area (Å²) in [4.78, 5) is 36.0. The van der Waals surface area contributed by atoms with Crippen LogP contribution in [0.2, 0.25) is 0 Å². The maximum absolute atomic E-state index is 12.2. The number of hydrogen-bond donors (Lipinski definition) is 4. The average Bonchev–Trinajstić information content (AvgIpc) is 2.48. The highest BCUT2D eigenvalue weighted by molar-refractivity contribution is 5.98. The standard InChI is InChI=1S/C18H28N4O4/c1-10-9-13(7-8-14(10)19)22-16(24)11(2)20-15(23)12(3)21-17(25)26-18(4,5)6/h7-9,11-12H,19H2,1-6H3,(H,20,23)(H,21,25)(H,22,24)/t11-,12-/m0/s1. The van der Waals surface area contributed by atoms with Gasteiger partial charge < -0.3 is 26.4 Å². The van der Waals surface area contributed by atoms with Crippen LogP contribution in [0, 0.1) is 6.92 Å². The fourth-order valence-corrected chi connectivity index (χ4v) is 1.96. The van der Waals surface area contributed by atoms with Crippen LogP contribution in [0.25, 0.3) is 0 Å². The number of amides is 3. The summed E-state index contributed by atoms with van der Waals surface area (Å²) < 4.78 is 5.09. The quantitative estimate of drug-likeness (QED) is 0.595. The third-order valence-electron chi connectivity index (χ3n) is 3.42. The van der Waals surface area contributed by atoms with Crippen LogP contribution in [0.15, 0.2) is 18.2 Å². The molecule has 8 nitrogen and oxygen atoms in total. The van der Waals surface area contributed by atoms with Gasteiger partial charge in [-0.2, -0.15) is 0 Å². The Morgan fingerprint density at radius 2 is 1.62 bits per heavy atom. The van der Waals surface area contributed by atoms with Gasteiger partial charge in [0, 0.05) is 11.4 Å². The van der Waals surface area contributed by atoms with Crippen LogP contribution in [-0.2, 0) is 14.3 Å². The Bertz CT molecular complexity index is 682. The van der Waals surface area contributed by atoms with Crippen molar-refractivity contribution in [2.75, 3.05) is 11.1 Å². The highest BCUT2D eigenvalue weighted by Gasteiger charge is 2.23. The first-order chi connectivity index (χ1) is 11.9. The maximum Gasteiger partial charge on any atom is 0.408 e. The molecule has 0 aliphatic rings. The van der Waals surface area contributed by atoms with E-state index in [0.717, 1.165) is 5.56 Å². The number of nitrogen functional groups attached to an aromatic ring is 1. The van der Waals surface area contributed by atoms with E-state index in [1.54, 1.807) is 45.9 Å². The van der Waals surface area contributed by atoms with Crippen LogP contribution in [0.1, 0.15) is 40.2 Å². The third-order valence-corrected chi connectivity index (χ3v) is 3.42. The number of hydrogen-bond acceptors (Lipinski definition) is 5. The van der Waals surface area contributed by atoms with Gasteiger partial charge in [0.15, 0.2) is 0 Å². The summed E-state index contributed by atoms with van der Waals surface area (Å²) in [6.45, 7) is 10.1. The molecule has 0 heterocycles. The SMILES string of the molecule is Cc1cc(NC(=O)[C@H](C)NC(=O)[C@H](C)NC(=O)OC(C)(C)C)ccc1N. The Hall–Kier alpha value is -2.77. The van der Waals surface area contributed by atoms with E-state index in [2.05, 4.69) is 16.0 Å². The van der Waals surface area contributed by atoms with Crippen LogP contribution in [0.5, 0.6) is 0 Å². The van der Waals surface area contributed by atoms with Crippen LogP contribution >= 0.6 is 0 Å². The van der Waals surface area contributed by atoms with E-state index in [0.29, 0.717) is 11.4 Å². The average molecular weight is 364 g/mol. The summed E-state index contributed by atoms with van der Waals surface area (Å²) in [5, 5.41) is 7.68. The number of anilines is 2. The van der Waals surface area contributed by atoms with Crippen molar-refractivity contribution in [3.63, 3.8) is 0 Å². The second-order valence-corrected chi connectivity index (χ2v) is 7.16. The number of ether oxygens (including phenoxy) is 1. The van der Waals surface area contributed by atoms with Gasteiger partial charge in [-0.3, -0.25) is 9.59 Å². The summed E-state index contributed by atoms with van der Waals surface area (Å²) in [6, 6.07) is 3.49. The molecule has 1 aromatic rings. The summed E-state index contributed by atoms with van der Waals surface area (Å²) in [6.07, 6.45) is -0.699. The second-order valence-electron chi connectivity index (χ2n) is 7.16. The Kier molecular flexibility index (Phi) is 7.00. The lowest BCUT2D eigenvalue weighted by Gasteiger charge is -2.22. The zero-order valence-corrected chi connectivity index (χ0v) is 16.1. The molecule has 0 fully saturated rings. The number of carbonyl (C=O) groups is 3. The van der Waals surface area contributed by atoms with E-state index in [1.807, 2.05) is 6.92 Å². The lowest BCUT2D eigenvalue weighted by Crippen LogP contribution is -2.51. The van der Waals surface area contributed by atoms with E-state index >= 15 is 0 Å². The largest absolute Gasteiger partial charge is 0.444 e. The van der Waals surface area contributed by atoms with Crippen molar-refractivity contribution >= 4 is 29.3 Å². The molecule has 0 bridgehead atoms. The normalized spacial score (nSPS) is 13.3. The molecule has 0 saturated carbocycles. The van der Waals surface area contributed by atoms with Gasteiger partial charge in [0.2, 0.25) is 11.8 Å². The maximum atomic E-state index is 12.2. The Morgan fingerprint density at radius 3 is 2.15 bits per heavy atom. The number of aryl methyl sites for hydroxylation is 1. The van der Waals surface area contributed by atoms with Gasteiger partial charge in [-0.05, 0) is 65.3 Å². The molecule has 5 N–H and O–H groups in total. The van der Waals surface area contributed by atoms with Gasteiger partial charge in [0.1, 0.15) is 17.7 Å². The fraction of sp³-hybridized carbons (Fsp3) is 0.500. The van der Waals surface area contributed by atoms with Gasteiger partial charge in [0.05, 0.1) is 0 Å². The molecular weight excluding hydrogens is 336 g/mol. The summed E-state index contributed by atoms with van der Waals surface area (Å²) in [5.74, 6) is -0.876. The molecule has 3 amide bonds. The predicted molar refractivity (Wildman–Crippen MR) is 101 cm³/mol. The van der Waals surface area contributed by atoms with Crippen molar-refractivity contribution in [3.05, 3.63) is 23.8 Å². The molecule has 0 radical (unpaired) electrons. The Balaban J connectivity index is 2.55. The molecule has 0 aromatic heterocycles. The summed E-state index contributed by atoms with van der Waals surface area (Å²) in [5.41, 5.74) is 7.14. The first kappa shape index (κ1) is 21.3. The Labute approximate surface area is 153 Å². The molecular formula is C18H28N4O4. The van der Waals surface area contributed by atoms with E-state index in [9.17, 15) is 14.4 Å². The predicted octanol–water partition coefficient (Wildman–Crippen LogP) is 1.93. The highest BCUT2D eigenvalue weighted by atomic mass is 16.6. The van der Waals surface area contributed by atoms with Gasteiger partial charge >= 0.3 is 6.09 Å². The molecule has 2 atom stereocenters. The molecule has 8 heteroatoms. The monoisotopic (exact) mass is 364 g/mol. The smallest absolute Gasteiger partial charge is 0.408 e. The number of carbonyl (C=O) groups excluding carboxylic acids is 3. The first-order valence-corrected chi connectivity index (χ1v) is 8.36. The van der Waals surface area contributed by atoms with E-state index < -0.39 is 29.7 Å². The van der Waals surface area contributed by atoms with E-state index in [1.165, 1.54) is 6.92 Å². The highest BCUT2D eigenvalue weighted by Crippen LogP contribution is 2.16. The summed E-state index contributed by atoms with van der Waals surface area (Å²) >= 11 is 0. The number of benzene rings is 1. The fourth-order valence-electron chi connectivity index (χ4n) is 1.96. The minimum absolute atomic E-state index is 0.382. The van der Waals surface area contributed by atoms with Crippen molar-refractivity contribution in [3.8, 4) is 0 Å². The number of alkyl carbamates (subject to hydrolysis) is 1. The molecule has 0 aliphatic heterocycles. The molecule has 0 unspecified atom stereocenters. The van der Waals surface area contributed by atoms with Crippen LogP contribution in [0.4, 0.5) is 16.2 Å². The third kappa shape index (κ3) is 7.00. The van der Waals surface area contributed by atoms with E-state index in [4.69, 9.17) is 10.5 Å².